The fourth-order valence-electron chi connectivity index (χ4n) is 4.89. The van der Waals surface area contributed by atoms with Crippen LogP contribution in [0.3, 0.4) is 0 Å². The number of halogens is 4. The topological polar surface area (TPSA) is 75.4 Å². The summed E-state index contributed by atoms with van der Waals surface area (Å²) in [5.74, 6) is -2.53. The van der Waals surface area contributed by atoms with Crippen LogP contribution < -0.4 is 11.1 Å². The van der Waals surface area contributed by atoms with E-state index in [9.17, 15) is 27.2 Å². The van der Waals surface area contributed by atoms with Gasteiger partial charge >= 0.3 is 6.18 Å². The third-order valence-electron chi connectivity index (χ3n) is 6.75. The molecule has 9 heteroatoms. The van der Waals surface area contributed by atoms with Crippen molar-refractivity contribution in [3.05, 3.63) is 94.3 Å². The number of likely N-dealkylation sites (tertiary alicyclic amines) is 1. The third kappa shape index (κ3) is 5.45. The number of benzene rings is 3. The molecule has 4 rings (SSSR count). The number of alkyl halides is 3. The van der Waals surface area contributed by atoms with Gasteiger partial charge in [-0.2, -0.15) is 13.2 Å². The van der Waals surface area contributed by atoms with E-state index < -0.39 is 41.3 Å². The number of rotatable bonds is 4. The minimum Gasteiger partial charge on any atom is -0.399 e. The van der Waals surface area contributed by atoms with Crippen LogP contribution in [0.2, 0.25) is 0 Å². The molecule has 0 radical (unpaired) electrons. The molecule has 1 fully saturated rings. The van der Waals surface area contributed by atoms with Crippen molar-refractivity contribution in [1.82, 2.24) is 4.90 Å². The van der Waals surface area contributed by atoms with Crippen molar-refractivity contribution in [2.75, 3.05) is 17.6 Å². The number of amides is 2. The number of piperidine rings is 1. The predicted molar refractivity (Wildman–Crippen MR) is 133 cm³/mol. The molecule has 0 spiro atoms. The number of hydrogen-bond acceptors (Lipinski definition) is 3. The second kappa shape index (κ2) is 10.2. The summed E-state index contributed by atoms with van der Waals surface area (Å²) in [7, 11) is 0. The van der Waals surface area contributed by atoms with E-state index in [0.717, 1.165) is 6.07 Å². The molecule has 2 atom stereocenters. The third-order valence-corrected chi connectivity index (χ3v) is 6.75. The van der Waals surface area contributed by atoms with Gasteiger partial charge in [0, 0.05) is 17.9 Å². The van der Waals surface area contributed by atoms with Crippen molar-refractivity contribution < 1.29 is 27.2 Å². The standard InChI is InChI=1S/C28H27F4N3O2/c1-16-8-13-20(15-22(16)28(30,31)32)34-26(36)21-6-4-14-35(25(21)18-9-11-19(33)12-10-18)27(37)24-17(2)5-3-7-23(24)29/h3,5,7-13,15,21,25H,4,6,14,33H2,1-2H3,(H,34,36). The van der Waals surface area contributed by atoms with Gasteiger partial charge < -0.3 is 16.0 Å². The van der Waals surface area contributed by atoms with Crippen LogP contribution in [0, 0.1) is 25.6 Å². The van der Waals surface area contributed by atoms with Gasteiger partial charge in [0.15, 0.2) is 0 Å². The summed E-state index contributed by atoms with van der Waals surface area (Å²) < 4.78 is 54.9. The summed E-state index contributed by atoms with van der Waals surface area (Å²) in [5.41, 5.74) is 6.55. The zero-order chi connectivity index (χ0) is 26.9. The van der Waals surface area contributed by atoms with Crippen molar-refractivity contribution in [2.24, 2.45) is 5.92 Å². The molecular formula is C28H27F4N3O2. The van der Waals surface area contributed by atoms with Gasteiger partial charge in [0.2, 0.25) is 5.91 Å². The van der Waals surface area contributed by atoms with Gasteiger partial charge in [-0.25, -0.2) is 4.39 Å². The summed E-state index contributed by atoms with van der Waals surface area (Å²) in [5, 5.41) is 2.61. The Labute approximate surface area is 212 Å². The number of anilines is 2. The van der Waals surface area contributed by atoms with E-state index in [1.54, 1.807) is 37.3 Å². The Bertz CT molecular complexity index is 1300. The Morgan fingerprint density at radius 3 is 2.35 bits per heavy atom. The minimum atomic E-state index is -4.57. The van der Waals surface area contributed by atoms with Gasteiger partial charge in [-0.05, 0) is 73.7 Å². The van der Waals surface area contributed by atoms with Crippen LogP contribution in [0.1, 0.15) is 51.5 Å². The van der Waals surface area contributed by atoms with E-state index in [1.165, 1.54) is 36.1 Å². The van der Waals surface area contributed by atoms with Crippen LogP contribution in [0.5, 0.6) is 0 Å². The van der Waals surface area contributed by atoms with Crippen LogP contribution >= 0.6 is 0 Å². The average molecular weight is 514 g/mol. The van der Waals surface area contributed by atoms with Crippen LogP contribution in [0.4, 0.5) is 28.9 Å². The second-order valence-electron chi connectivity index (χ2n) is 9.31. The van der Waals surface area contributed by atoms with E-state index >= 15 is 0 Å². The fourth-order valence-corrected chi connectivity index (χ4v) is 4.89. The van der Waals surface area contributed by atoms with E-state index in [-0.39, 0.29) is 23.4 Å². The maximum atomic E-state index is 14.7. The number of nitrogen functional groups attached to an aromatic ring is 1. The van der Waals surface area contributed by atoms with Gasteiger partial charge in [-0.3, -0.25) is 9.59 Å². The van der Waals surface area contributed by atoms with Gasteiger partial charge in [0.05, 0.1) is 23.1 Å². The molecule has 1 aliphatic rings. The number of carbonyl (C=O) groups is 2. The highest BCUT2D eigenvalue weighted by Gasteiger charge is 2.41. The highest BCUT2D eigenvalue weighted by atomic mass is 19.4. The molecule has 0 bridgehead atoms. The Morgan fingerprint density at radius 2 is 1.70 bits per heavy atom. The smallest absolute Gasteiger partial charge is 0.399 e. The van der Waals surface area contributed by atoms with Crippen molar-refractivity contribution in [3.8, 4) is 0 Å². The number of aryl methyl sites for hydroxylation is 2. The molecular weight excluding hydrogens is 486 g/mol. The largest absolute Gasteiger partial charge is 0.416 e. The number of carbonyl (C=O) groups excluding carboxylic acids is 2. The molecule has 1 aliphatic heterocycles. The summed E-state index contributed by atoms with van der Waals surface area (Å²) in [4.78, 5) is 28.6. The molecule has 37 heavy (non-hydrogen) atoms. The summed E-state index contributed by atoms with van der Waals surface area (Å²) in [6, 6.07) is 13.9. The molecule has 2 amide bonds. The molecule has 2 unspecified atom stereocenters. The van der Waals surface area contributed by atoms with Crippen molar-refractivity contribution in [2.45, 2.75) is 38.9 Å². The molecule has 3 aromatic carbocycles. The van der Waals surface area contributed by atoms with Gasteiger partial charge in [-0.15, -0.1) is 0 Å². The predicted octanol–water partition coefficient (Wildman–Crippen LogP) is 6.28. The minimum absolute atomic E-state index is 0.00683. The fraction of sp³-hybridized carbons (Fsp3) is 0.286. The molecule has 0 aromatic heterocycles. The van der Waals surface area contributed by atoms with Crippen LogP contribution in [-0.2, 0) is 11.0 Å². The quantitative estimate of drug-likeness (QED) is 0.319. The maximum Gasteiger partial charge on any atom is 0.416 e. The van der Waals surface area contributed by atoms with E-state index in [1.807, 2.05) is 0 Å². The highest BCUT2D eigenvalue weighted by molar-refractivity contribution is 5.98. The first-order chi connectivity index (χ1) is 17.5. The Balaban J connectivity index is 1.71. The average Bonchev–Trinajstić information content (AvgIpc) is 2.84. The number of nitrogens with one attached hydrogen (secondary N) is 1. The monoisotopic (exact) mass is 513 g/mol. The first kappa shape index (κ1) is 26.2. The van der Waals surface area contributed by atoms with E-state index in [0.29, 0.717) is 29.7 Å². The summed E-state index contributed by atoms with van der Waals surface area (Å²) >= 11 is 0. The molecule has 0 aliphatic carbocycles. The van der Waals surface area contributed by atoms with Gasteiger partial charge in [0.25, 0.3) is 5.91 Å². The van der Waals surface area contributed by atoms with Gasteiger partial charge in [-0.1, -0.05) is 30.3 Å². The zero-order valence-electron chi connectivity index (χ0n) is 20.4. The van der Waals surface area contributed by atoms with Crippen molar-refractivity contribution in [3.63, 3.8) is 0 Å². The molecule has 1 heterocycles. The first-order valence-electron chi connectivity index (χ1n) is 11.9. The number of nitrogens with two attached hydrogens (primary N) is 1. The SMILES string of the molecule is Cc1ccc(NC(=O)C2CCCN(C(=O)c3c(C)cccc3F)C2c2ccc(N)cc2)cc1C(F)(F)F. The molecule has 5 nitrogen and oxygen atoms in total. The normalized spacial score (nSPS) is 17.9. The van der Waals surface area contributed by atoms with Crippen LogP contribution in [0.15, 0.2) is 60.7 Å². The van der Waals surface area contributed by atoms with Crippen LogP contribution in [0.25, 0.3) is 0 Å². The van der Waals surface area contributed by atoms with Crippen molar-refractivity contribution >= 4 is 23.2 Å². The molecule has 3 N–H and O–H groups in total. The lowest BCUT2D eigenvalue weighted by Gasteiger charge is -2.41. The molecule has 194 valence electrons. The van der Waals surface area contributed by atoms with E-state index in [2.05, 4.69) is 5.32 Å². The number of nitrogens with zero attached hydrogens (tertiary/aromatic N) is 1. The number of hydrogen-bond donors (Lipinski definition) is 2. The Morgan fingerprint density at radius 1 is 1.00 bits per heavy atom. The van der Waals surface area contributed by atoms with E-state index in [4.69, 9.17) is 5.73 Å². The lowest BCUT2D eigenvalue weighted by molar-refractivity contribution is -0.138. The Hall–Kier alpha value is -3.88. The highest BCUT2D eigenvalue weighted by Crippen LogP contribution is 2.39. The van der Waals surface area contributed by atoms with Crippen molar-refractivity contribution in [1.29, 1.82) is 0 Å². The molecule has 1 saturated heterocycles. The molecule has 3 aromatic rings. The van der Waals surface area contributed by atoms with Crippen LogP contribution in [-0.4, -0.2) is 23.3 Å². The molecule has 0 saturated carbocycles. The maximum absolute atomic E-state index is 14.7. The first-order valence-corrected chi connectivity index (χ1v) is 11.9. The summed E-state index contributed by atoms with van der Waals surface area (Å²) in [6.45, 7) is 3.27. The zero-order valence-corrected chi connectivity index (χ0v) is 20.4. The lowest BCUT2D eigenvalue weighted by atomic mass is 9.83. The van der Waals surface area contributed by atoms with Gasteiger partial charge in [0.1, 0.15) is 5.82 Å². The Kier molecular flexibility index (Phi) is 7.25. The second-order valence-corrected chi connectivity index (χ2v) is 9.31. The lowest BCUT2D eigenvalue weighted by Crippen LogP contribution is -2.46. The summed E-state index contributed by atoms with van der Waals surface area (Å²) in [6.07, 6.45) is -3.72.